The van der Waals surface area contributed by atoms with E-state index in [-0.39, 0.29) is 16.8 Å². The molecule has 0 aliphatic carbocycles. The van der Waals surface area contributed by atoms with Crippen LogP contribution in [0.15, 0.2) is 23.1 Å². The molecule has 2 rings (SSSR count). The molecule has 1 saturated heterocycles. The SMILES string of the molecule is CC(C)CC[C@H](C)NC(=O)c1cc(S(N)(=O)=O)ccc1N1CCOCC1. The predicted molar refractivity (Wildman–Crippen MR) is 102 cm³/mol. The van der Waals surface area contributed by atoms with Gasteiger partial charge in [0.05, 0.1) is 23.7 Å². The normalized spacial score (nSPS) is 16.6. The van der Waals surface area contributed by atoms with Crippen molar-refractivity contribution < 1.29 is 17.9 Å². The zero-order valence-corrected chi connectivity index (χ0v) is 16.5. The number of carbonyl (C=O) groups excluding carboxylic acids is 1. The largest absolute Gasteiger partial charge is 0.378 e. The summed E-state index contributed by atoms with van der Waals surface area (Å²) in [5, 5.41) is 8.22. The quantitative estimate of drug-likeness (QED) is 0.746. The van der Waals surface area contributed by atoms with E-state index in [0.717, 1.165) is 12.8 Å². The Hall–Kier alpha value is -1.64. The molecule has 8 heteroatoms. The molecule has 0 saturated carbocycles. The van der Waals surface area contributed by atoms with Crippen LogP contribution in [0.4, 0.5) is 5.69 Å². The van der Waals surface area contributed by atoms with E-state index in [2.05, 4.69) is 19.2 Å². The Balaban J connectivity index is 2.28. The Morgan fingerprint density at radius 3 is 2.46 bits per heavy atom. The molecule has 26 heavy (non-hydrogen) atoms. The lowest BCUT2D eigenvalue weighted by molar-refractivity contribution is 0.0935. The van der Waals surface area contributed by atoms with Crippen LogP contribution in [0.25, 0.3) is 0 Å². The van der Waals surface area contributed by atoms with Crippen molar-refractivity contribution in [3.63, 3.8) is 0 Å². The van der Waals surface area contributed by atoms with Gasteiger partial charge in [-0.3, -0.25) is 4.79 Å². The van der Waals surface area contributed by atoms with Gasteiger partial charge in [-0.05, 0) is 43.9 Å². The fourth-order valence-corrected chi connectivity index (χ4v) is 3.45. The van der Waals surface area contributed by atoms with Crippen molar-refractivity contribution in [2.24, 2.45) is 11.1 Å². The highest BCUT2D eigenvalue weighted by atomic mass is 32.2. The lowest BCUT2D eigenvalue weighted by atomic mass is 10.0. The van der Waals surface area contributed by atoms with Gasteiger partial charge in [-0.1, -0.05) is 13.8 Å². The van der Waals surface area contributed by atoms with Gasteiger partial charge in [0.15, 0.2) is 0 Å². The fourth-order valence-electron chi connectivity index (χ4n) is 2.91. The molecule has 0 spiro atoms. The van der Waals surface area contributed by atoms with Gasteiger partial charge in [0.2, 0.25) is 10.0 Å². The number of sulfonamides is 1. The molecule has 3 N–H and O–H groups in total. The number of primary sulfonamides is 1. The van der Waals surface area contributed by atoms with Crippen molar-refractivity contribution in [3.8, 4) is 0 Å². The van der Waals surface area contributed by atoms with Gasteiger partial charge in [-0.15, -0.1) is 0 Å². The number of hydrogen-bond donors (Lipinski definition) is 2. The van der Waals surface area contributed by atoms with Gasteiger partial charge < -0.3 is 15.0 Å². The van der Waals surface area contributed by atoms with E-state index in [9.17, 15) is 13.2 Å². The first-order valence-corrected chi connectivity index (χ1v) is 10.5. The van der Waals surface area contributed by atoms with E-state index in [0.29, 0.717) is 43.5 Å². The molecule has 146 valence electrons. The standard InChI is InChI=1S/C18H29N3O4S/c1-13(2)4-5-14(3)20-18(22)16-12-15(26(19,23)24)6-7-17(16)21-8-10-25-11-9-21/h6-7,12-14H,4-5,8-11H2,1-3H3,(H,20,22)(H2,19,23,24)/t14-/m0/s1. The van der Waals surface area contributed by atoms with Crippen LogP contribution in [0.1, 0.15) is 44.0 Å². The maximum atomic E-state index is 12.8. The topological polar surface area (TPSA) is 102 Å². The number of ether oxygens (including phenoxy) is 1. The maximum absolute atomic E-state index is 12.8. The van der Waals surface area contributed by atoms with Crippen LogP contribution >= 0.6 is 0 Å². The second-order valence-electron chi connectivity index (χ2n) is 7.17. The van der Waals surface area contributed by atoms with Gasteiger partial charge in [0.25, 0.3) is 5.91 Å². The fraction of sp³-hybridized carbons (Fsp3) is 0.611. The molecule has 1 atom stereocenters. The monoisotopic (exact) mass is 383 g/mol. The minimum absolute atomic E-state index is 0.000536. The highest BCUT2D eigenvalue weighted by Crippen LogP contribution is 2.25. The number of carbonyl (C=O) groups is 1. The number of nitrogens with one attached hydrogen (secondary N) is 1. The molecular formula is C18H29N3O4S. The Bertz CT molecular complexity index is 728. The van der Waals surface area contributed by atoms with Gasteiger partial charge in [0.1, 0.15) is 0 Å². The van der Waals surface area contributed by atoms with E-state index in [1.54, 1.807) is 6.07 Å². The average molecular weight is 384 g/mol. The second-order valence-corrected chi connectivity index (χ2v) is 8.73. The summed E-state index contributed by atoms with van der Waals surface area (Å²) >= 11 is 0. The molecule has 0 unspecified atom stereocenters. The highest BCUT2D eigenvalue weighted by Gasteiger charge is 2.22. The third-order valence-electron chi connectivity index (χ3n) is 4.45. The summed E-state index contributed by atoms with van der Waals surface area (Å²) in [6.45, 7) is 8.68. The van der Waals surface area contributed by atoms with Crippen molar-refractivity contribution in [2.75, 3.05) is 31.2 Å². The Morgan fingerprint density at radius 1 is 1.23 bits per heavy atom. The van der Waals surface area contributed by atoms with Crippen LogP contribution in [0.5, 0.6) is 0 Å². The number of hydrogen-bond acceptors (Lipinski definition) is 5. The van der Waals surface area contributed by atoms with Gasteiger partial charge >= 0.3 is 0 Å². The van der Waals surface area contributed by atoms with Gasteiger partial charge in [0, 0.05) is 24.8 Å². The third kappa shape index (κ3) is 5.69. The lowest BCUT2D eigenvalue weighted by Gasteiger charge is -2.30. The summed E-state index contributed by atoms with van der Waals surface area (Å²) in [6, 6.07) is 4.46. The lowest BCUT2D eigenvalue weighted by Crippen LogP contribution is -2.39. The summed E-state index contributed by atoms with van der Waals surface area (Å²) in [5.74, 6) is 0.275. The number of benzene rings is 1. The summed E-state index contributed by atoms with van der Waals surface area (Å²) in [6.07, 6.45) is 1.88. The number of rotatable bonds is 7. The Labute approximate surface area is 155 Å². The zero-order chi connectivity index (χ0) is 19.3. The van der Waals surface area contributed by atoms with E-state index in [4.69, 9.17) is 9.88 Å². The molecule has 1 fully saturated rings. The zero-order valence-electron chi connectivity index (χ0n) is 15.7. The maximum Gasteiger partial charge on any atom is 0.253 e. The third-order valence-corrected chi connectivity index (χ3v) is 5.36. The smallest absolute Gasteiger partial charge is 0.253 e. The molecule has 1 aliphatic heterocycles. The van der Waals surface area contributed by atoms with Crippen LogP contribution < -0.4 is 15.4 Å². The molecule has 0 aromatic heterocycles. The number of nitrogens with zero attached hydrogens (tertiary/aromatic N) is 1. The van der Waals surface area contributed by atoms with E-state index >= 15 is 0 Å². The van der Waals surface area contributed by atoms with E-state index in [1.165, 1.54) is 12.1 Å². The van der Waals surface area contributed by atoms with Crippen LogP contribution in [0.2, 0.25) is 0 Å². The van der Waals surface area contributed by atoms with Crippen molar-refractivity contribution in [2.45, 2.75) is 44.6 Å². The summed E-state index contributed by atoms with van der Waals surface area (Å²) < 4.78 is 28.8. The minimum atomic E-state index is -3.88. The first-order chi connectivity index (χ1) is 12.2. The van der Waals surface area contributed by atoms with Crippen molar-refractivity contribution in [1.82, 2.24) is 5.32 Å². The highest BCUT2D eigenvalue weighted by molar-refractivity contribution is 7.89. The van der Waals surface area contributed by atoms with Crippen LogP contribution in [-0.4, -0.2) is 46.7 Å². The molecule has 1 heterocycles. The molecule has 1 aliphatic rings. The van der Waals surface area contributed by atoms with Crippen molar-refractivity contribution >= 4 is 21.6 Å². The summed E-state index contributed by atoms with van der Waals surface area (Å²) in [5.41, 5.74) is 1.03. The Morgan fingerprint density at radius 2 is 1.88 bits per heavy atom. The molecule has 1 amide bonds. The average Bonchev–Trinajstić information content (AvgIpc) is 2.59. The van der Waals surface area contributed by atoms with Crippen molar-refractivity contribution in [3.05, 3.63) is 23.8 Å². The van der Waals surface area contributed by atoms with E-state index in [1.807, 2.05) is 11.8 Å². The number of nitrogens with two attached hydrogens (primary N) is 1. The van der Waals surface area contributed by atoms with Gasteiger partial charge in [-0.25, -0.2) is 13.6 Å². The van der Waals surface area contributed by atoms with Crippen LogP contribution in [0.3, 0.4) is 0 Å². The molecule has 0 bridgehead atoms. The van der Waals surface area contributed by atoms with Crippen LogP contribution in [-0.2, 0) is 14.8 Å². The molecule has 7 nitrogen and oxygen atoms in total. The second kappa shape index (κ2) is 8.83. The summed E-state index contributed by atoms with van der Waals surface area (Å²) in [7, 11) is -3.88. The number of amides is 1. The Kier molecular flexibility index (Phi) is 7.02. The molecule has 0 radical (unpaired) electrons. The first kappa shape index (κ1) is 20.7. The number of anilines is 1. The molecule has 1 aromatic carbocycles. The van der Waals surface area contributed by atoms with Crippen molar-refractivity contribution in [1.29, 1.82) is 0 Å². The number of morpholine rings is 1. The van der Waals surface area contributed by atoms with E-state index < -0.39 is 10.0 Å². The predicted octanol–water partition coefficient (Wildman–Crippen LogP) is 1.73. The summed E-state index contributed by atoms with van der Waals surface area (Å²) in [4.78, 5) is 14.8. The molecule has 1 aromatic rings. The first-order valence-electron chi connectivity index (χ1n) is 8.99. The van der Waals surface area contributed by atoms with Crippen LogP contribution in [0, 0.1) is 5.92 Å². The minimum Gasteiger partial charge on any atom is -0.378 e. The molecular weight excluding hydrogens is 354 g/mol. The van der Waals surface area contributed by atoms with Gasteiger partial charge in [-0.2, -0.15) is 0 Å².